The first-order chi connectivity index (χ1) is 8.83. The molecule has 0 spiro atoms. The third-order valence-corrected chi connectivity index (χ3v) is 6.52. The number of nitrogens with one attached hydrogen (secondary N) is 1. The molecule has 0 aliphatic carbocycles. The van der Waals surface area contributed by atoms with Gasteiger partial charge in [0.15, 0.2) is 5.17 Å². The van der Waals surface area contributed by atoms with Crippen LogP contribution in [0.15, 0.2) is 4.99 Å². The van der Waals surface area contributed by atoms with E-state index in [0.29, 0.717) is 0 Å². The van der Waals surface area contributed by atoms with Crippen LogP contribution in [-0.2, 0) is 0 Å². The van der Waals surface area contributed by atoms with Gasteiger partial charge in [0.25, 0.3) is 0 Å². The van der Waals surface area contributed by atoms with E-state index in [1.54, 1.807) is 0 Å². The Morgan fingerprint density at radius 3 is 2.67 bits per heavy atom. The molecule has 2 aliphatic rings. The maximum absolute atomic E-state index is 4.68. The topological polar surface area (TPSA) is 24.4 Å². The summed E-state index contributed by atoms with van der Waals surface area (Å²) in [6.07, 6.45) is 5.34. The van der Waals surface area contributed by atoms with Crippen molar-refractivity contribution in [2.75, 3.05) is 24.6 Å². The van der Waals surface area contributed by atoms with Crippen LogP contribution in [0.4, 0.5) is 0 Å². The highest BCUT2D eigenvalue weighted by atomic mass is 32.2. The third kappa shape index (κ3) is 4.09. The lowest BCUT2D eigenvalue weighted by atomic mass is 9.99. The molecule has 2 rings (SSSR count). The molecule has 1 fully saturated rings. The van der Waals surface area contributed by atoms with Crippen LogP contribution in [0.3, 0.4) is 0 Å². The van der Waals surface area contributed by atoms with E-state index in [2.05, 4.69) is 35.9 Å². The van der Waals surface area contributed by atoms with Crippen LogP contribution in [0.25, 0.3) is 0 Å². The summed E-state index contributed by atoms with van der Waals surface area (Å²) >= 11 is 4.09. The summed E-state index contributed by atoms with van der Waals surface area (Å²) in [5, 5.41) is 5.53. The van der Waals surface area contributed by atoms with Gasteiger partial charge in [-0.05, 0) is 36.2 Å². The molecule has 1 saturated heterocycles. The minimum absolute atomic E-state index is 0.726. The van der Waals surface area contributed by atoms with E-state index in [4.69, 9.17) is 0 Å². The van der Waals surface area contributed by atoms with Gasteiger partial charge in [0.2, 0.25) is 0 Å². The number of hydrogen-bond acceptors (Lipinski definition) is 4. The summed E-state index contributed by atoms with van der Waals surface area (Å²) in [7, 11) is 0. The Morgan fingerprint density at radius 2 is 2.00 bits per heavy atom. The maximum Gasteiger partial charge on any atom is 0.156 e. The molecule has 1 atom stereocenters. The molecule has 1 N–H and O–H groups in total. The lowest BCUT2D eigenvalue weighted by Crippen LogP contribution is -2.29. The number of nitrogens with zero attached hydrogens (tertiary/aromatic N) is 1. The Bertz CT molecular complexity index is 271. The second-order valence-corrected chi connectivity index (χ2v) is 7.77. The van der Waals surface area contributed by atoms with Gasteiger partial charge in [-0.1, -0.05) is 38.5 Å². The van der Waals surface area contributed by atoms with Crippen LogP contribution in [0.1, 0.15) is 39.5 Å². The van der Waals surface area contributed by atoms with Gasteiger partial charge in [0.1, 0.15) is 0 Å². The van der Waals surface area contributed by atoms with E-state index in [0.717, 1.165) is 30.2 Å². The van der Waals surface area contributed by atoms with Crippen LogP contribution >= 0.6 is 23.5 Å². The van der Waals surface area contributed by atoms with Gasteiger partial charge in [-0.15, -0.1) is 0 Å². The number of aliphatic imine (C=N–C) groups is 1. The smallest absolute Gasteiger partial charge is 0.156 e. The maximum atomic E-state index is 4.68. The monoisotopic (exact) mass is 286 g/mol. The first-order valence-corrected chi connectivity index (χ1v) is 9.39. The molecule has 0 amide bonds. The van der Waals surface area contributed by atoms with Crippen molar-refractivity contribution >= 4 is 28.7 Å². The first-order valence-electron chi connectivity index (χ1n) is 7.36. The molecule has 0 aromatic rings. The fourth-order valence-corrected chi connectivity index (χ4v) is 5.26. The van der Waals surface area contributed by atoms with E-state index >= 15 is 0 Å². The molecule has 4 heteroatoms. The number of amidine groups is 1. The van der Waals surface area contributed by atoms with Crippen LogP contribution in [0.5, 0.6) is 0 Å². The predicted octanol–water partition coefficient (Wildman–Crippen LogP) is 3.63. The number of hydrogen-bond donors (Lipinski definition) is 1. The van der Waals surface area contributed by atoms with Gasteiger partial charge < -0.3 is 5.32 Å². The van der Waals surface area contributed by atoms with Gasteiger partial charge in [-0.2, -0.15) is 11.8 Å². The zero-order chi connectivity index (χ0) is 12.8. The zero-order valence-corrected chi connectivity index (χ0v) is 13.3. The van der Waals surface area contributed by atoms with Gasteiger partial charge in [-0.25, -0.2) is 0 Å². The lowest BCUT2D eigenvalue weighted by molar-refractivity contribution is 0.479. The fraction of sp³-hybridized carbons (Fsp3) is 0.929. The van der Waals surface area contributed by atoms with Crippen molar-refractivity contribution in [1.82, 2.24) is 5.32 Å². The Labute approximate surface area is 120 Å². The molecule has 0 aromatic heterocycles. The molecule has 0 bridgehead atoms. The van der Waals surface area contributed by atoms with Crippen molar-refractivity contribution in [2.24, 2.45) is 16.8 Å². The summed E-state index contributed by atoms with van der Waals surface area (Å²) in [5.74, 6) is 4.41. The Hall–Kier alpha value is 0.170. The summed E-state index contributed by atoms with van der Waals surface area (Å²) in [5.41, 5.74) is 0. The molecule has 2 nitrogen and oxygen atoms in total. The van der Waals surface area contributed by atoms with E-state index < -0.39 is 0 Å². The summed E-state index contributed by atoms with van der Waals surface area (Å²) in [4.78, 5) is 4.68. The van der Waals surface area contributed by atoms with Crippen LogP contribution in [0, 0.1) is 11.8 Å². The number of thioether (sulfide) groups is 2. The van der Waals surface area contributed by atoms with Gasteiger partial charge >= 0.3 is 0 Å². The van der Waals surface area contributed by atoms with Crippen molar-refractivity contribution in [3.8, 4) is 0 Å². The summed E-state index contributed by atoms with van der Waals surface area (Å²) in [6.45, 7) is 6.78. The van der Waals surface area contributed by atoms with Crippen molar-refractivity contribution in [2.45, 2.75) is 44.8 Å². The molecule has 0 aromatic carbocycles. The number of rotatable bonds is 5. The molecule has 104 valence electrons. The van der Waals surface area contributed by atoms with Crippen molar-refractivity contribution in [1.29, 1.82) is 0 Å². The second kappa shape index (κ2) is 7.68. The minimum Gasteiger partial charge on any atom is -0.365 e. The Morgan fingerprint density at radius 1 is 1.28 bits per heavy atom. The van der Waals surface area contributed by atoms with Crippen LogP contribution < -0.4 is 5.32 Å². The first kappa shape index (κ1) is 14.6. The second-order valence-electron chi connectivity index (χ2n) is 5.32. The average Bonchev–Trinajstić information content (AvgIpc) is 2.88. The average molecular weight is 287 g/mol. The van der Waals surface area contributed by atoms with Crippen LogP contribution in [0.2, 0.25) is 0 Å². The lowest BCUT2D eigenvalue weighted by Gasteiger charge is -2.22. The normalized spacial score (nSPS) is 25.5. The Balaban J connectivity index is 1.68. The van der Waals surface area contributed by atoms with Gasteiger partial charge in [0, 0.05) is 11.8 Å². The minimum atomic E-state index is 0.726. The van der Waals surface area contributed by atoms with Gasteiger partial charge in [0.05, 0.1) is 6.54 Å². The largest absolute Gasteiger partial charge is 0.365 e. The fourth-order valence-electron chi connectivity index (χ4n) is 2.73. The van der Waals surface area contributed by atoms with Crippen LogP contribution in [-0.4, -0.2) is 35.0 Å². The highest BCUT2D eigenvalue weighted by molar-refractivity contribution is 8.14. The van der Waals surface area contributed by atoms with Gasteiger partial charge in [-0.3, -0.25) is 4.99 Å². The SMILES string of the molecule is CCC(CC)C1CN=C(NCC2CCSCC2)S1. The summed E-state index contributed by atoms with van der Waals surface area (Å²) < 4.78 is 0. The Kier molecular flexibility index (Phi) is 6.22. The molecular weight excluding hydrogens is 260 g/mol. The third-order valence-electron chi connectivity index (χ3n) is 4.14. The molecule has 0 radical (unpaired) electrons. The highest BCUT2D eigenvalue weighted by Crippen LogP contribution is 2.30. The molecule has 1 unspecified atom stereocenters. The molecule has 18 heavy (non-hydrogen) atoms. The van der Waals surface area contributed by atoms with Crippen molar-refractivity contribution in [3.63, 3.8) is 0 Å². The predicted molar refractivity (Wildman–Crippen MR) is 85.8 cm³/mol. The van der Waals surface area contributed by atoms with E-state index in [1.807, 2.05) is 11.8 Å². The van der Waals surface area contributed by atoms with E-state index in [9.17, 15) is 0 Å². The standard InChI is InChI=1S/C14H26N2S2/c1-3-12(4-2)13-10-16-14(18-13)15-9-11-5-7-17-8-6-11/h11-13H,3-10H2,1-2H3,(H,15,16). The van der Waals surface area contributed by atoms with E-state index in [1.165, 1.54) is 42.4 Å². The van der Waals surface area contributed by atoms with Crippen molar-refractivity contribution < 1.29 is 0 Å². The van der Waals surface area contributed by atoms with Crippen molar-refractivity contribution in [3.05, 3.63) is 0 Å². The molecule has 2 heterocycles. The quantitative estimate of drug-likeness (QED) is 0.835. The summed E-state index contributed by atoms with van der Waals surface area (Å²) in [6, 6.07) is 0. The molecule has 0 saturated carbocycles. The zero-order valence-electron chi connectivity index (χ0n) is 11.7. The molecule has 2 aliphatic heterocycles. The molecular formula is C14H26N2S2. The van der Waals surface area contributed by atoms with E-state index in [-0.39, 0.29) is 0 Å². The highest BCUT2D eigenvalue weighted by Gasteiger charge is 2.26.